The maximum atomic E-state index is 13.0. The van der Waals surface area contributed by atoms with Gasteiger partial charge in [0.2, 0.25) is 11.8 Å². The Bertz CT molecular complexity index is 1020. The molecule has 29 heavy (non-hydrogen) atoms. The van der Waals surface area contributed by atoms with Gasteiger partial charge in [-0.2, -0.15) is 0 Å². The lowest BCUT2D eigenvalue weighted by atomic mass is 10.1. The third-order valence-electron chi connectivity index (χ3n) is 4.50. The van der Waals surface area contributed by atoms with Crippen LogP contribution in [0, 0.1) is 0 Å². The molecule has 0 saturated heterocycles. The fourth-order valence-corrected chi connectivity index (χ4v) is 4.54. The highest BCUT2D eigenvalue weighted by Gasteiger charge is 2.37. The van der Waals surface area contributed by atoms with Gasteiger partial charge in [0.25, 0.3) is 10.0 Å². The first kappa shape index (κ1) is 20.9. The third kappa shape index (κ3) is 4.78. The van der Waals surface area contributed by atoms with Crippen LogP contribution in [0.25, 0.3) is 0 Å². The minimum atomic E-state index is -4.04. The van der Waals surface area contributed by atoms with Crippen molar-refractivity contribution in [1.29, 1.82) is 0 Å². The number of hydrogen-bond acceptors (Lipinski definition) is 4. The molecule has 2 atom stereocenters. The summed E-state index contributed by atoms with van der Waals surface area (Å²) in [5, 5.41) is 5.65. The van der Waals surface area contributed by atoms with Gasteiger partial charge in [-0.3, -0.25) is 13.9 Å². The average molecular weight is 434 g/mol. The minimum Gasteiger partial charge on any atom is -0.350 e. The predicted octanol–water partition coefficient (Wildman–Crippen LogP) is 2.57. The van der Waals surface area contributed by atoms with Crippen molar-refractivity contribution in [2.75, 3.05) is 0 Å². The number of amides is 2. The standard InChI is InChI=1S/C20H20ClN3O4S/c1-14(15-5-3-2-4-6-15)23-19(25)13-18-20(26)22-11-12-24(18)29(27,28)17-9-7-16(21)8-10-17/h2-12,14,18H,13H2,1H3,(H,22,26)(H,23,25)/t14-,18-/m1/s1. The van der Waals surface area contributed by atoms with Crippen LogP contribution >= 0.6 is 11.6 Å². The number of nitrogens with one attached hydrogen (secondary N) is 2. The largest absolute Gasteiger partial charge is 0.350 e. The molecule has 0 spiro atoms. The predicted molar refractivity (Wildman–Crippen MR) is 109 cm³/mol. The monoisotopic (exact) mass is 433 g/mol. The maximum absolute atomic E-state index is 13.0. The molecule has 1 aliphatic heterocycles. The molecule has 152 valence electrons. The molecule has 0 unspecified atom stereocenters. The Balaban J connectivity index is 1.79. The van der Waals surface area contributed by atoms with Gasteiger partial charge < -0.3 is 10.6 Å². The highest BCUT2D eigenvalue weighted by molar-refractivity contribution is 7.89. The van der Waals surface area contributed by atoms with Crippen LogP contribution < -0.4 is 10.6 Å². The first-order chi connectivity index (χ1) is 13.8. The molecule has 1 aliphatic rings. The van der Waals surface area contributed by atoms with Crippen LogP contribution in [0.15, 0.2) is 71.9 Å². The van der Waals surface area contributed by atoms with Crippen LogP contribution in [0.1, 0.15) is 24.9 Å². The molecule has 0 aliphatic carbocycles. The number of sulfonamides is 1. The highest BCUT2D eigenvalue weighted by Crippen LogP contribution is 2.24. The fourth-order valence-electron chi connectivity index (χ4n) is 2.97. The van der Waals surface area contributed by atoms with Crippen molar-refractivity contribution in [2.24, 2.45) is 0 Å². The minimum absolute atomic E-state index is 0.0238. The Morgan fingerprint density at radius 2 is 1.83 bits per heavy atom. The molecular weight excluding hydrogens is 414 g/mol. The molecule has 0 aromatic heterocycles. The van der Waals surface area contributed by atoms with E-state index in [4.69, 9.17) is 11.6 Å². The number of hydrogen-bond donors (Lipinski definition) is 2. The summed E-state index contributed by atoms with van der Waals surface area (Å²) in [4.78, 5) is 24.9. The van der Waals surface area contributed by atoms with Crippen LogP contribution in [0.4, 0.5) is 0 Å². The number of carbonyl (C=O) groups is 2. The summed E-state index contributed by atoms with van der Waals surface area (Å²) in [6.07, 6.45) is 2.15. The first-order valence-electron chi connectivity index (χ1n) is 8.89. The van der Waals surface area contributed by atoms with E-state index in [9.17, 15) is 18.0 Å². The lowest BCUT2D eigenvalue weighted by molar-refractivity contribution is -0.129. The van der Waals surface area contributed by atoms with Gasteiger partial charge in [0.15, 0.2) is 0 Å². The second-order valence-electron chi connectivity index (χ2n) is 6.53. The van der Waals surface area contributed by atoms with Crippen LogP contribution in [0.2, 0.25) is 5.02 Å². The molecule has 2 aromatic carbocycles. The van der Waals surface area contributed by atoms with E-state index in [1.807, 2.05) is 37.3 Å². The van der Waals surface area contributed by atoms with E-state index in [0.717, 1.165) is 9.87 Å². The lowest BCUT2D eigenvalue weighted by Gasteiger charge is -2.31. The molecule has 2 aromatic rings. The maximum Gasteiger partial charge on any atom is 0.264 e. The van der Waals surface area contributed by atoms with E-state index in [2.05, 4.69) is 10.6 Å². The van der Waals surface area contributed by atoms with Gasteiger partial charge in [0.1, 0.15) is 6.04 Å². The summed E-state index contributed by atoms with van der Waals surface area (Å²) in [6, 6.07) is 13.5. The highest BCUT2D eigenvalue weighted by atomic mass is 35.5. The molecule has 2 N–H and O–H groups in total. The van der Waals surface area contributed by atoms with Gasteiger partial charge in [0.05, 0.1) is 17.4 Å². The summed E-state index contributed by atoms with van der Waals surface area (Å²) >= 11 is 5.83. The van der Waals surface area contributed by atoms with E-state index in [1.165, 1.54) is 36.7 Å². The van der Waals surface area contributed by atoms with Crippen LogP contribution in [0.5, 0.6) is 0 Å². The van der Waals surface area contributed by atoms with Crippen molar-refractivity contribution in [3.05, 3.63) is 77.6 Å². The van der Waals surface area contributed by atoms with Gasteiger partial charge in [0, 0.05) is 17.4 Å². The van der Waals surface area contributed by atoms with Gasteiger partial charge in [-0.1, -0.05) is 41.9 Å². The Morgan fingerprint density at radius 3 is 2.48 bits per heavy atom. The molecule has 0 bridgehead atoms. The Hall–Kier alpha value is -2.84. The van der Waals surface area contributed by atoms with Crippen molar-refractivity contribution in [3.63, 3.8) is 0 Å². The molecule has 0 saturated carbocycles. The van der Waals surface area contributed by atoms with Gasteiger partial charge in [-0.05, 0) is 36.8 Å². The van der Waals surface area contributed by atoms with Crippen molar-refractivity contribution >= 4 is 33.4 Å². The van der Waals surface area contributed by atoms with Crippen LogP contribution in [0.3, 0.4) is 0 Å². The number of rotatable bonds is 6. The summed E-state index contributed by atoms with van der Waals surface area (Å²) in [7, 11) is -4.04. The Labute approximate surface area is 174 Å². The second kappa shape index (κ2) is 8.67. The van der Waals surface area contributed by atoms with E-state index in [1.54, 1.807) is 0 Å². The first-order valence-corrected chi connectivity index (χ1v) is 10.7. The molecule has 7 nitrogen and oxygen atoms in total. The SMILES string of the molecule is C[C@@H](NC(=O)C[C@@H]1C(=O)NC=CN1S(=O)(=O)c1ccc(Cl)cc1)c1ccccc1. The zero-order valence-electron chi connectivity index (χ0n) is 15.6. The molecular formula is C20H20ClN3O4S. The number of halogens is 1. The molecule has 0 fully saturated rings. The van der Waals surface area contributed by atoms with Crippen LogP contribution in [-0.4, -0.2) is 30.6 Å². The van der Waals surface area contributed by atoms with Gasteiger partial charge in [-0.25, -0.2) is 8.42 Å². The van der Waals surface area contributed by atoms with Crippen molar-refractivity contribution in [3.8, 4) is 0 Å². The van der Waals surface area contributed by atoms with E-state index >= 15 is 0 Å². The van der Waals surface area contributed by atoms with Crippen molar-refractivity contribution in [2.45, 2.75) is 30.3 Å². The van der Waals surface area contributed by atoms with Crippen molar-refractivity contribution < 1.29 is 18.0 Å². The normalized spacial score (nSPS) is 17.5. The summed E-state index contributed by atoms with van der Waals surface area (Å²) in [5.74, 6) is -1.01. The zero-order valence-corrected chi connectivity index (χ0v) is 17.2. The Morgan fingerprint density at radius 1 is 1.17 bits per heavy atom. The number of carbonyl (C=O) groups excluding carboxylic acids is 2. The number of benzene rings is 2. The fraction of sp³-hybridized carbons (Fsp3) is 0.200. The summed E-state index contributed by atoms with van der Waals surface area (Å²) in [5.41, 5.74) is 0.902. The second-order valence-corrected chi connectivity index (χ2v) is 8.81. The zero-order chi connectivity index (χ0) is 21.0. The summed E-state index contributed by atoms with van der Waals surface area (Å²) in [6.45, 7) is 1.82. The average Bonchev–Trinajstić information content (AvgIpc) is 2.70. The van der Waals surface area contributed by atoms with E-state index in [-0.39, 0.29) is 17.4 Å². The van der Waals surface area contributed by atoms with Crippen molar-refractivity contribution in [1.82, 2.24) is 14.9 Å². The third-order valence-corrected chi connectivity index (χ3v) is 6.55. The van der Waals surface area contributed by atoms with Gasteiger partial charge >= 0.3 is 0 Å². The van der Waals surface area contributed by atoms with E-state index < -0.39 is 27.9 Å². The van der Waals surface area contributed by atoms with E-state index in [0.29, 0.717) is 5.02 Å². The number of nitrogens with zero attached hydrogens (tertiary/aromatic N) is 1. The van der Waals surface area contributed by atoms with Gasteiger partial charge in [-0.15, -0.1) is 0 Å². The smallest absolute Gasteiger partial charge is 0.264 e. The topological polar surface area (TPSA) is 95.6 Å². The molecule has 2 amide bonds. The molecule has 0 radical (unpaired) electrons. The lowest BCUT2D eigenvalue weighted by Crippen LogP contribution is -2.51. The van der Waals surface area contributed by atoms with Crippen LogP contribution in [-0.2, 0) is 19.6 Å². The Kier molecular flexibility index (Phi) is 6.24. The summed E-state index contributed by atoms with van der Waals surface area (Å²) < 4.78 is 26.9. The molecule has 1 heterocycles. The molecule has 3 rings (SSSR count). The molecule has 9 heteroatoms. The quantitative estimate of drug-likeness (QED) is 0.731.